The van der Waals surface area contributed by atoms with Gasteiger partial charge in [-0.3, -0.25) is 0 Å². The molecule has 1 aromatic carbocycles. The number of hydrogen-bond donors (Lipinski definition) is 0. The molecule has 0 aliphatic rings. The number of aryl methyl sites for hydroxylation is 1. The van der Waals surface area contributed by atoms with Crippen molar-refractivity contribution in [2.24, 2.45) is 7.05 Å². The minimum atomic E-state index is -4.42. The summed E-state index contributed by atoms with van der Waals surface area (Å²) in [5.41, 5.74) is 0.874. The molecule has 0 saturated carbocycles. The summed E-state index contributed by atoms with van der Waals surface area (Å²) < 4.78 is 41.2. The Morgan fingerprint density at radius 3 is 2.59 bits per heavy atom. The van der Waals surface area contributed by atoms with Crippen LogP contribution in [0.25, 0.3) is 11.0 Å². The number of fused-ring (bicyclic) bond motifs is 1. The van der Waals surface area contributed by atoms with E-state index in [9.17, 15) is 13.2 Å². The summed E-state index contributed by atoms with van der Waals surface area (Å²) >= 11 is 0. The molecule has 114 valence electrons. The Balaban J connectivity index is 2.10. The van der Waals surface area contributed by atoms with Crippen LogP contribution in [0.5, 0.6) is 0 Å². The van der Waals surface area contributed by atoms with Crippen molar-refractivity contribution in [3.05, 3.63) is 48.4 Å². The standard InChI is InChI=1S/C15H13F3N4/c1-21-9-20-11-8-19-14(7-13(11)21)22(2)12-6-4-3-5-10(12)15(16,17)18/h3-9H,1-2H3. The topological polar surface area (TPSA) is 34.0 Å². The lowest BCUT2D eigenvalue weighted by Gasteiger charge is -2.22. The molecule has 3 aromatic rings. The molecule has 0 unspecified atom stereocenters. The third-order valence-electron chi connectivity index (χ3n) is 3.51. The molecular weight excluding hydrogens is 293 g/mol. The van der Waals surface area contributed by atoms with Crippen molar-refractivity contribution in [2.75, 3.05) is 11.9 Å². The lowest BCUT2D eigenvalue weighted by Crippen LogP contribution is -2.17. The molecule has 0 spiro atoms. The van der Waals surface area contributed by atoms with Crippen LogP contribution in [0.15, 0.2) is 42.9 Å². The van der Waals surface area contributed by atoms with Gasteiger partial charge >= 0.3 is 6.18 Å². The number of rotatable bonds is 2. The monoisotopic (exact) mass is 306 g/mol. The molecule has 0 fully saturated rings. The number of para-hydroxylation sites is 1. The van der Waals surface area contributed by atoms with E-state index in [0.717, 1.165) is 11.6 Å². The molecular formula is C15H13F3N4. The van der Waals surface area contributed by atoms with E-state index in [4.69, 9.17) is 0 Å². The number of pyridine rings is 1. The summed E-state index contributed by atoms with van der Waals surface area (Å²) in [6, 6.07) is 7.16. The van der Waals surface area contributed by atoms with Gasteiger partial charge in [-0.15, -0.1) is 0 Å². The molecule has 0 radical (unpaired) electrons. The molecule has 0 aliphatic carbocycles. The number of anilines is 2. The molecule has 0 aliphatic heterocycles. The van der Waals surface area contributed by atoms with E-state index in [1.807, 2.05) is 7.05 Å². The predicted molar refractivity (Wildman–Crippen MR) is 78.0 cm³/mol. The average Bonchev–Trinajstić information content (AvgIpc) is 2.86. The van der Waals surface area contributed by atoms with Crippen molar-refractivity contribution in [3.63, 3.8) is 0 Å². The van der Waals surface area contributed by atoms with E-state index in [-0.39, 0.29) is 5.69 Å². The first-order valence-electron chi connectivity index (χ1n) is 6.55. The lowest BCUT2D eigenvalue weighted by molar-refractivity contribution is -0.137. The maximum Gasteiger partial charge on any atom is 0.418 e. The molecule has 7 heteroatoms. The highest BCUT2D eigenvalue weighted by molar-refractivity contribution is 5.79. The van der Waals surface area contributed by atoms with E-state index in [1.54, 1.807) is 36.3 Å². The molecule has 0 amide bonds. The summed E-state index contributed by atoms with van der Waals surface area (Å²) in [5, 5.41) is 0. The van der Waals surface area contributed by atoms with Crippen LogP contribution >= 0.6 is 0 Å². The van der Waals surface area contributed by atoms with Gasteiger partial charge in [-0.1, -0.05) is 12.1 Å². The van der Waals surface area contributed by atoms with Gasteiger partial charge in [-0.2, -0.15) is 13.2 Å². The quantitative estimate of drug-likeness (QED) is 0.723. The minimum Gasteiger partial charge on any atom is -0.334 e. The SMILES string of the molecule is CN(c1cc2c(cn1)ncn2C)c1ccccc1C(F)(F)F. The second kappa shape index (κ2) is 5.01. The van der Waals surface area contributed by atoms with Crippen molar-refractivity contribution >= 4 is 22.5 Å². The largest absolute Gasteiger partial charge is 0.418 e. The highest BCUT2D eigenvalue weighted by Crippen LogP contribution is 2.38. The normalized spacial score (nSPS) is 11.9. The van der Waals surface area contributed by atoms with Gasteiger partial charge in [0.25, 0.3) is 0 Å². The number of alkyl halides is 3. The number of nitrogens with zero attached hydrogens (tertiary/aromatic N) is 4. The van der Waals surface area contributed by atoms with Gasteiger partial charge in [-0.05, 0) is 12.1 Å². The van der Waals surface area contributed by atoms with Crippen molar-refractivity contribution in [1.29, 1.82) is 0 Å². The first-order valence-corrected chi connectivity index (χ1v) is 6.55. The fourth-order valence-electron chi connectivity index (χ4n) is 2.33. The number of aromatic nitrogens is 3. The second-order valence-electron chi connectivity index (χ2n) is 4.96. The van der Waals surface area contributed by atoms with Crippen LogP contribution in [0.1, 0.15) is 5.56 Å². The zero-order valence-corrected chi connectivity index (χ0v) is 12.0. The van der Waals surface area contributed by atoms with E-state index in [1.165, 1.54) is 17.0 Å². The Morgan fingerprint density at radius 2 is 1.86 bits per heavy atom. The number of imidazole rings is 1. The zero-order chi connectivity index (χ0) is 15.9. The predicted octanol–water partition coefficient (Wildman–Crippen LogP) is 3.76. The fraction of sp³-hybridized carbons (Fsp3) is 0.200. The van der Waals surface area contributed by atoms with Gasteiger partial charge in [0.05, 0.1) is 29.3 Å². The van der Waals surface area contributed by atoms with E-state index in [0.29, 0.717) is 11.3 Å². The van der Waals surface area contributed by atoms with E-state index < -0.39 is 11.7 Å². The highest BCUT2D eigenvalue weighted by Gasteiger charge is 2.34. The first kappa shape index (κ1) is 14.4. The van der Waals surface area contributed by atoms with Gasteiger partial charge in [0.15, 0.2) is 0 Å². The summed E-state index contributed by atoms with van der Waals surface area (Å²) in [4.78, 5) is 9.78. The van der Waals surface area contributed by atoms with Crippen LogP contribution in [-0.2, 0) is 13.2 Å². The summed E-state index contributed by atoms with van der Waals surface area (Å²) in [6.45, 7) is 0. The molecule has 0 atom stereocenters. The van der Waals surface area contributed by atoms with Crippen molar-refractivity contribution in [2.45, 2.75) is 6.18 Å². The van der Waals surface area contributed by atoms with Crippen LogP contribution in [0.2, 0.25) is 0 Å². The molecule has 0 saturated heterocycles. The van der Waals surface area contributed by atoms with Crippen LogP contribution in [0, 0.1) is 0 Å². The second-order valence-corrected chi connectivity index (χ2v) is 4.96. The molecule has 2 aromatic heterocycles. The van der Waals surface area contributed by atoms with Crippen molar-refractivity contribution in [3.8, 4) is 0 Å². The van der Waals surface area contributed by atoms with E-state index >= 15 is 0 Å². The molecule has 2 heterocycles. The van der Waals surface area contributed by atoms with Crippen LogP contribution in [0.4, 0.5) is 24.7 Å². The number of hydrogen-bond acceptors (Lipinski definition) is 3. The molecule has 0 bridgehead atoms. The van der Waals surface area contributed by atoms with Gasteiger partial charge in [0.1, 0.15) is 11.3 Å². The van der Waals surface area contributed by atoms with Crippen molar-refractivity contribution in [1.82, 2.24) is 14.5 Å². The zero-order valence-electron chi connectivity index (χ0n) is 12.0. The maximum absolute atomic E-state index is 13.1. The molecule has 22 heavy (non-hydrogen) atoms. The number of benzene rings is 1. The Bertz CT molecular complexity index is 823. The van der Waals surface area contributed by atoms with Crippen LogP contribution in [-0.4, -0.2) is 21.6 Å². The Morgan fingerprint density at radius 1 is 1.14 bits per heavy atom. The average molecular weight is 306 g/mol. The van der Waals surface area contributed by atoms with Crippen LogP contribution < -0.4 is 4.90 Å². The first-order chi connectivity index (χ1) is 10.4. The van der Waals surface area contributed by atoms with Gasteiger partial charge in [0.2, 0.25) is 0 Å². The Labute approximate surface area is 124 Å². The van der Waals surface area contributed by atoms with Gasteiger partial charge in [-0.25, -0.2) is 9.97 Å². The summed E-state index contributed by atoms with van der Waals surface area (Å²) in [7, 11) is 3.39. The molecule has 4 nitrogen and oxygen atoms in total. The number of halogens is 3. The fourth-order valence-corrected chi connectivity index (χ4v) is 2.33. The molecule has 0 N–H and O–H groups in total. The van der Waals surface area contributed by atoms with Gasteiger partial charge in [0, 0.05) is 20.2 Å². The summed E-state index contributed by atoms with van der Waals surface area (Å²) in [6.07, 6.45) is -1.22. The Kier molecular flexibility index (Phi) is 3.27. The highest BCUT2D eigenvalue weighted by atomic mass is 19.4. The third kappa shape index (κ3) is 2.38. The Hall–Kier alpha value is -2.57. The molecule has 3 rings (SSSR count). The van der Waals surface area contributed by atoms with Crippen LogP contribution in [0.3, 0.4) is 0 Å². The third-order valence-corrected chi connectivity index (χ3v) is 3.51. The van der Waals surface area contributed by atoms with Gasteiger partial charge < -0.3 is 9.47 Å². The van der Waals surface area contributed by atoms with Crippen molar-refractivity contribution < 1.29 is 13.2 Å². The van der Waals surface area contributed by atoms with E-state index in [2.05, 4.69) is 9.97 Å². The lowest BCUT2D eigenvalue weighted by atomic mass is 10.1. The minimum absolute atomic E-state index is 0.0593. The smallest absolute Gasteiger partial charge is 0.334 e. The summed E-state index contributed by atoms with van der Waals surface area (Å²) in [5.74, 6) is 0.424. The maximum atomic E-state index is 13.1.